The summed E-state index contributed by atoms with van der Waals surface area (Å²) in [4.78, 5) is 1.80. The maximum absolute atomic E-state index is 9.31. The third-order valence-corrected chi connectivity index (χ3v) is 4.87. The monoisotopic (exact) mass is 313 g/mol. The standard InChI is InChI=1S/C17H16ClN3O/c18-13-4-5-15-14(10-13)16(21-8-1-2-9-21)17(22-15)6-3-7-20(11-17)12-19/h1-2,4-5,8-10,16H,3,6-7,11H2. The van der Waals surface area contributed by atoms with Crippen LogP contribution in [-0.4, -0.2) is 28.2 Å². The van der Waals surface area contributed by atoms with E-state index in [1.165, 1.54) is 0 Å². The van der Waals surface area contributed by atoms with Gasteiger partial charge in [0.05, 0.1) is 6.54 Å². The zero-order valence-corrected chi connectivity index (χ0v) is 12.8. The number of rotatable bonds is 1. The minimum atomic E-state index is -0.403. The molecule has 3 heterocycles. The molecule has 0 radical (unpaired) electrons. The number of nitriles is 1. The van der Waals surface area contributed by atoms with Crippen molar-refractivity contribution in [3.63, 3.8) is 0 Å². The van der Waals surface area contributed by atoms with Gasteiger partial charge in [-0.3, -0.25) is 0 Å². The maximum Gasteiger partial charge on any atom is 0.179 e. The Labute approximate surface area is 134 Å². The first-order chi connectivity index (χ1) is 10.7. The number of benzene rings is 1. The molecule has 1 spiro atoms. The number of likely N-dealkylation sites (tertiary alicyclic amines) is 1. The number of hydrogen-bond acceptors (Lipinski definition) is 3. The number of nitrogens with zero attached hydrogens (tertiary/aromatic N) is 3. The van der Waals surface area contributed by atoms with Crippen molar-refractivity contribution in [1.82, 2.24) is 9.47 Å². The Balaban J connectivity index is 1.84. The SMILES string of the molecule is N#CN1CCCC2(C1)Oc1ccc(Cl)cc1C2n1cccc1. The Morgan fingerprint density at radius 1 is 1.32 bits per heavy atom. The molecule has 0 aliphatic carbocycles. The fraction of sp³-hybridized carbons (Fsp3) is 0.353. The molecule has 0 amide bonds. The van der Waals surface area contributed by atoms with Crippen molar-refractivity contribution in [2.75, 3.05) is 13.1 Å². The number of ether oxygens (including phenoxy) is 1. The van der Waals surface area contributed by atoms with E-state index in [1.54, 1.807) is 4.90 Å². The Kier molecular flexibility index (Phi) is 3.05. The lowest BCUT2D eigenvalue weighted by molar-refractivity contribution is 0.000191. The lowest BCUT2D eigenvalue weighted by Crippen LogP contribution is -2.53. The first kappa shape index (κ1) is 13.5. The van der Waals surface area contributed by atoms with Crippen molar-refractivity contribution in [1.29, 1.82) is 5.26 Å². The molecule has 2 atom stereocenters. The highest BCUT2D eigenvalue weighted by Crippen LogP contribution is 2.50. The van der Waals surface area contributed by atoms with E-state index < -0.39 is 5.60 Å². The van der Waals surface area contributed by atoms with Gasteiger partial charge in [-0.2, -0.15) is 5.26 Å². The smallest absolute Gasteiger partial charge is 0.179 e. The van der Waals surface area contributed by atoms with Gasteiger partial charge >= 0.3 is 0 Å². The van der Waals surface area contributed by atoms with Gasteiger partial charge in [0, 0.05) is 29.5 Å². The molecule has 1 saturated heterocycles. The maximum atomic E-state index is 9.31. The van der Waals surface area contributed by atoms with Crippen LogP contribution in [0.4, 0.5) is 0 Å². The van der Waals surface area contributed by atoms with Crippen molar-refractivity contribution in [2.24, 2.45) is 0 Å². The highest BCUT2D eigenvalue weighted by Gasteiger charge is 2.51. The van der Waals surface area contributed by atoms with E-state index in [-0.39, 0.29) is 6.04 Å². The summed E-state index contributed by atoms with van der Waals surface area (Å²) in [5.41, 5.74) is 0.698. The Bertz CT molecular complexity index is 737. The van der Waals surface area contributed by atoms with Crippen LogP contribution in [0.15, 0.2) is 42.7 Å². The third-order valence-electron chi connectivity index (χ3n) is 4.63. The van der Waals surface area contributed by atoms with Crippen LogP contribution < -0.4 is 4.74 Å². The summed E-state index contributed by atoms with van der Waals surface area (Å²) in [6.07, 6.45) is 8.26. The zero-order chi connectivity index (χ0) is 15.2. The highest BCUT2D eigenvalue weighted by atomic mass is 35.5. The third kappa shape index (κ3) is 1.97. The molecule has 0 bridgehead atoms. The van der Waals surface area contributed by atoms with Gasteiger partial charge in [0.25, 0.3) is 0 Å². The summed E-state index contributed by atoms with van der Waals surface area (Å²) in [6.45, 7) is 1.41. The number of hydrogen-bond donors (Lipinski definition) is 0. The Morgan fingerprint density at radius 3 is 2.91 bits per heavy atom. The van der Waals surface area contributed by atoms with Gasteiger partial charge < -0.3 is 14.2 Å². The molecule has 22 heavy (non-hydrogen) atoms. The molecule has 5 heteroatoms. The molecule has 4 nitrogen and oxygen atoms in total. The second-order valence-corrected chi connectivity index (χ2v) is 6.44. The van der Waals surface area contributed by atoms with Crippen LogP contribution >= 0.6 is 11.6 Å². The first-order valence-corrected chi connectivity index (χ1v) is 7.85. The van der Waals surface area contributed by atoms with E-state index in [0.717, 1.165) is 30.7 Å². The van der Waals surface area contributed by atoms with Gasteiger partial charge in [-0.05, 0) is 43.2 Å². The van der Waals surface area contributed by atoms with Crippen molar-refractivity contribution in [3.8, 4) is 11.9 Å². The second-order valence-electron chi connectivity index (χ2n) is 6.01. The molecule has 112 valence electrons. The summed E-state index contributed by atoms with van der Waals surface area (Å²) in [6, 6.07) is 9.86. The largest absolute Gasteiger partial charge is 0.482 e. The van der Waals surface area contributed by atoms with Gasteiger partial charge in [-0.25, -0.2) is 0 Å². The number of aromatic nitrogens is 1. The summed E-state index contributed by atoms with van der Waals surface area (Å²) in [5.74, 6) is 0.878. The van der Waals surface area contributed by atoms with Crippen LogP contribution in [0.5, 0.6) is 5.75 Å². The van der Waals surface area contributed by atoms with Crippen molar-refractivity contribution < 1.29 is 4.74 Å². The van der Waals surface area contributed by atoms with Crippen LogP contribution in [-0.2, 0) is 0 Å². The summed E-state index contributed by atoms with van der Waals surface area (Å²) in [5, 5.41) is 10.0. The molecule has 2 aromatic rings. The van der Waals surface area contributed by atoms with Crippen LogP contribution in [0, 0.1) is 11.5 Å². The number of fused-ring (bicyclic) bond motifs is 1. The molecular formula is C17H16ClN3O. The Morgan fingerprint density at radius 2 is 2.14 bits per heavy atom. The lowest BCUT2D eigenvalue weighted by Gasteiger charge is -2.41. The molecule has 1 aromatic carbocycles. The predicted octanol–water partition coefficient (Wildman–Crippen LogP) is 3.44. The molecule has 1 fully saturated rings. The lowest BCUT2D eigenvalue weighted by atomic mass is 9.83. The molecule has 4 rings (SSSR count). The molecular weight excluding hydrogens is 298 g/mol. The van der Waals surface area contributed by atoms with E-state index in [0.29, 0.717) is 11.6 Å². The number of halogens is 1. The van der Waals surface area contributed by atoms with Gasteiger partial charge in [0.15, 0.2) is 11.8 Å². The van der Waals surface area contributed by atoms with Crippen LogP contribution in [0.25, 0.3) is 0 Å². The van der Waals surface area contributed by atoms with Crippen molar-refractivity contribution in [3.05, 3.63) is 53.3 Å². The topological polar surface area (TPSA) is 41.2 Å². The second kappa shape index (κ2) is 4.96. The molecule has 2 aliphatic heterocycles. The van der Waals surface area contributed by atoms with E-state index >= 15 is 0 Å². The Hall–Kier alpha value is -2.12. The molecule has 1 aromatic heterocycles. The molecule has 0 N–H and O–H groups in total. The fourth-order valence-electron chi connectivity index (χ4n) is 3.78. The average Bonchev–Trinajstić information content (AvgIpc) is 3.12. The normalized spacial score (nSPS) is 26.5. The van der Waals surface area contributed by atoms with Crippen molar-refractivity contribution >= 4 is 11.6 Å². The minimum absolute atomic E-state index is 0.0485. The summed E-state index contributed by atoms with van der Waals surface area (Å²) in [7, 11) is 0. The predicted molar refractivity (Wildman–Crippen MR) is 83.8 cm³/mol. The molecule has 2 aliphatic rings. The van der Waals surface area contributed by atoms with Crippen LogP contribution in [0.1, 0.15) is 24.4 Å². The fourth-order valence-corrected chi connectivity index (χ4v) is 3.96. The minimum Gasteiger partial charge on any atom is -0.482 e. The quantitative estimate of drug-likeness (QED) is 0.757. The van der Waals surface area contributed by atoms with Crippen LogP contribution in [0.2, 0.25) is 5.02 Å². The van der Waals surface area contributed by atoms with E-state index in [9.17, 15) is 5.26 Å². The summed E-state index contributed by atoms with van der Waals surface area (Å²) >= 11 is 6.21. The molecule has 0 saturated carbocycles. The van der Waals surface area contributed by atoms with E-state index in [1.807, 2.05) is 30.3 Å². The van der Waals surface area contributed by atoms with Gasteiger partial charge in [-0.15, -0.1) is 0 Å². The van der Waals surface area contributed by atoms with E-state index in [2.05, 4.69) is 23.2 Å². The van der Waals surface area contributed by atoms with Crippen LogP contribution in [0.3, 0.4) is 0 Å². The molecule has 2 unspecified atom stereocenters. The number of piperidine rings is 1. The highest BCUT2D eigenvalue weighted by molar-refractivity contribution is 6.30. The van der Waals surface area contributed by atoms with Crippen molar-refractivity contribution in [2.45, 2.75) is 24.5 Å². The van der Waals surface area contributed by atoms with Gasteiger partial charge in [-0.1, -0.05) is 11.6 Å². The first-order valence-electron chi connectivity index (χ1n) is 7.47. The average molecular weight is 314 g/mol. The summed E-state index contributed by atoms with van der Waals surface area (Å²) < 4.78 is 8.56. The van der Waals surface area contributed by atoms with Gasteiger partial charge in [0.2, 0.25) is 0 Å². The van der Waals surface area contributed by atoms with E-state index in [4.69, 9.17) is 16.3 Å². The van der Waals surface area contributed by atoms with Gasteiger partial charge in [0.1, 0.15) is 11.8 Å². The zero-order valence-electron chi connectivity index (χ0n) is 12.1.